The van der Waals surface area contributed by atoms with Crippen LogP contribution in [0.3, 0.4) is 0 Å². The van der Waals surface area contributed by atoms with E-state index in [0.717, 1.165) is 12.1 Å². The van der Waals surface area contributed by atoms with Crippen LogP contribution in [-0.4, -0.2) is 24.4 Å². The van der Waals surface area contributed by atoms with E-state index >= 15 is 0 Å². The number of hydrogen-bond donors (Lipinski definition) is 0. The summed E-state index contributed by atoms with van der Waals surface area (Å²) in [5.74, 6) is -1.03. The van der Waals surface area contributed by atoms with Crippen molar-refractivity contribution in [2.45, 2.75) is 17.3 Å². The molecule has 0 aliphatic heterocycles. The minimum absolute atomic E-state index is 0.0464. The van der Waals surface area contributed by atoms with E-state index in [1.54, 1.807) is 6.07 Å². The molecule has 0 N–H and O–H groups in total. The number of nitrogens with zero attached hydrogens (tertiary/aromatic N) is 1. The zero-order valence-electron chi connectivity index (χ0n) is 10.2. The number of halogens is 3. The van der Waals surface area contributed by atoms with Gasteiger partial charge in [0.25, 0.3) is 0 Å². The van der Waals surface area contributed by atoms with Gasteiger partial charge >= 0.3 is 11.5 Å². The molecule has 0 radical (unpaired) electrons. The molecule has 0 unspecified atom stereocenters. The van der Waals surface area contributed by atoms with Gasteiger partial charge in [-0.05, 0) is 30.8 Å². The van der Waals surface area contributed by atoms with Crippen molar-refractivity contribution in [1.29, 1.82) is 5.26 Å². The number of esters is 1. The molecule has 0 fully saturated rings. The predicted molar refractivity (Wildman–Crippen MR) is 64.4 cm³/mol. The normalized spacial score (nSPS) is 10.8. The highest BCUT2D eigenvalue weighted by Gasteiger charge is 2.33. The number of nitriles is 1. The van der Waals surface area contributed by atoms with Crippen LogP contribution < -0.4 is 0 Å². The number of rotatable bonds is 4. The standard InChI is InChI=1S/C12H8F3NO3S/c1-2-19-11(18)10-8(5-16)3-7(6-17)4-9(10)20-12(13,14)15/h3-4,6H,2H2,1H3. The minimum Gasteiger partial charge on any atom is -0.462 e. The zero-order valence-corrected chi connectivity index (χ0v) is 11.0. The van der Waals surface area contributed by atoms with Crippen molar-refractivity contribution in [1.82, 2.24) is 0 Å². The molecule has 0 spiro atoms. The topological polar surface area (TPSA) is 67.2 Å². The Labute approximate surface area is 116 Å². The molecule has 0 aliphatic rings. The van der Waals surface area contributed by atoms with Crippen LogP contribution in [0.2, 0.25) is 0 Å². The van der Waals surface area contributed by atoms with E-state index in [0.29, 0.717) is 6.29 Å². The van der Waals surface area contributed by atoms with Crippen LogP contribution in [0.5, 0.6) is 0 Å². The first-order valence-electron chi connectivity index (χ1n) is 5.28. The first-order valence-corrected chi connectivity index (χ1v) is 6.10. The molecule has 0 saturated heterocycles. The van der Waals surface area contributed by atoms with Crippen LogP contribution in [0.15, 0.2) is 17.0 Å². The van der Waals surface area contributed by atoms with Gasteiger partial charge in [0.05, 0.1) is 17.7 Å². The number of benzene rings is 1. The van der Waals surface area contributed by atoms with Gasteiger partial charge in [-0.25, -0.2) is 4.79 Å². The molecule has 1 aromatic carbocycles. The van der Waals surface area contributed by atoms with Gasteiger partial charge in [-0.1, -0.05) is 0 Å². The lowest BCUT2D eigenvalue weighted by Crippen LogP contribution is -2.11. The molecular weight excluding hydrogens is 295 g/mol. The van der Waals surface area contributed by atoms with Gasteiger partial charge < -0.3 is 4.74 Å². The highest BCUT2D eigenvalue weighted by Crippen LogP contribution is 2.40. The molecular formula is C12H8F3NO3S. The molecule has 0 bridgehead atoms. The summed E-state index contributed by atoms with van der Waals surface area (Å²) >= 11 is -0.570. The van der Waals surface area contributed by atoms with E-state index in [1.807, 2.05) is 0 Å². The average molecular weight is 303 g/mol. The molecule has 8 heteroatoms. The lowest BCUT2D eigenvalue weighted by atomic mass is 10.1. The Hall–Kier alpha value is -2.01. The van der Waals surface area contributed by atoms with Crippen molar-refractivity contribution in [3.8, 4) is 6.07 Å². The summed E-state index contributed by atoms with van der Waals surface area (Å²) in [5, 5.41) is 8.91. The summed E-state index contributed by atoms with van der Waals surface area (Å²) in [6.45, 7) is 1.44. The molecule has 4 nitrogen and oxygen atoms in total. The average Bonchev–Trinajstić information content (AvgIpc) is 2.35. The van der Waals surface area contributed by atoms with Crippen LogP contribution in [0.1, 0.15) is 33.2 Å². The Morgan fingerprint density at radius 3 is 2.60 bits per heavy atom. The lowest BCUT2D eigenvalue weighted by molar-refractivity contribution is -0.0328. The maximum absolute atomic E-state index is 12.5. The SMILES string of the molecule is CCOC(=O)c1c(C#N)cc(C=O)cc1SC(F)(F)F. The number of hydrogen-bond acceptors (Lipinski definition) is 5. The number of thioether (sulfide) groups is 1. The van der Waals surface area contributed by atoms with Crippen molar-refractivity contribution in [3.05, 3.63) is 28.8 Å². The Morgan fingerprint density at radius 2 is 2.15 bits per heavy atom. The van der Waals surface area contributed by atoms with E-state index in [2.05, 4.69) is 4.74 Å². The summed E-state index contributed by atoms with van der Waals surface area (Å²) in [4.78, 5) is 21.8. The third kappa shape index (κ3) is 3.99. The molecule has 1 aromatic rings. The van der Waals surface area contributed by atoms with Crippen molar-refractivity contribution in [2.75, 3.05) is 6.61 Å². The van der Waals surface area contributed by atoms with Crippen molar-refractivity contribution in [3.63, 3.8) is 0 Å². The van der Waals surface area contributed by atoms with Crippen molar-refractivity contribution < 1.29 is 27.5 Å². The number of carbonyl (C=O) groups excluding carboxylic acids is 2. The second-order valence-electron chi connectivity index (χ2n) is 3.44. The highest BCUT2D eigenvalue weighted by molar-refractivity contribution is 8.00. The van der Waals surface area contributed by atoms with E-state index in [9.17, 15) is 22.8 Å². The quantitative estimate of drug-likeness (QED) is 0.485. The molecule has 1 rings (SSSR count). The fourth-order valence-corrected chi connectivity index (χ4v) is 2.15. The fraction of sp³-hybridized carbons (Fsp3) is 0.250. The molecule has 0 saturated carbocycles. The largest absolute Gasteiger partial charge is 0.462 e. The van der Waals surface area contributed by atoms with Gasteiger partial charge in [0, 0.05) is 10.5 Å². The molecule has 0 atom stereocenters. The monoisotopic (exact) mass is 303 g/mol. The molecule has 0 amide bonds. The molecule has 20 heavy (non-hydrogen) atoms. The molecule has 106 valence electrons. The van der Waals surface area contributed by atoms with Gasteiger partial charge in [-0.15, -0.1) is 0 Å². The number of carbonyl (C=O) groups is 2. The Kier molecular flexibility index (Phi) is 5.16. The Morgan fingerprint density at radius 1 is 1.50 bits per heavy atom. The molecule has 0 aromatic heterocycles. The minimum atomic E-state index is -4.66. The van der Waals surface area contributed by atoms with Gasteiger partial charge in [0.2, 0.25) is 0 Å². The summed E-state index contributed by atoms with van der Waals surface area (Å²) < 4.78 is 42.1. The van der Waals surface area contributed by atoms with Crippen LogP contribution in [0.25, 0.3) is 0 Å². The van der Waals surface area contributed by atoms with E-state index in [4.69, 9.17) is 5.26 Å². The van der Waals surface area contributed by atoms with Gasteiger partial charge in [-0.2, -0.15) is 18.4 Å². The highest BCUT2D eigenvalue weighted by atomic mass is 32.2. The van der Waals surface area contributed by atoms with Gasteiger partial charge in [0.15, 0.2) is 0 Å². The number of alkyl halides is 3. The Bertz CT molecular complexity index is 579. The Balaban J connectivity index is 3.47. The third-order valence-corrected chi connectivity index (χ3v) is 2.86. The third-order valence-electron chi connectivity index (χ3n) is 2.09. The summed E-state index contributed by atoms with van der Waals surface area (Å²) in [7, 11) is 0. The predicted octanol–water partition coefficient (Wildman–Crippen LogP) is 3.16. The second kappa shape index (κ2) is 6.43. The van der Waals surface area contributed by atoms with Gasteiger partial charge in [0.1, 0.15) is 12.4 Å². The lowest BCUT2D eigenvalue weighted by Gasteiger charge is -2.12. The first-order chi connectivity index (χ1) is 9.32. The second-order valence-corrected chi connectivity index (χ2v) is 4.55. The van der Waals surface area contributed by atoms with Crippen LogP contribution in [0.4, 0.5) is 13.2 Å². The number of aldehydes is 1. The van der Waals surface area contributed by atoms with Crippen molar-refractivity contribution >= 4 is 24.0 Å². The summed E-state index contributed by atoms with van der Waals surface area (Å²) in [6.07, 6.45) is 0.302. The van der Waals surface area contributed by atoms with E-state index in [1.165, 1.54) is 6.92 Å². The zero-order chi connectivity index (χ0) is 15.3. The van der Waals surface area contributed by atoms with Crippen LogP contribution >= 0.6 is 11.8 Å². The fourth-order valence-electron chi connectivity index (χ4n) is 1.41. The molecule has 0 heterocycles. The summed E-state index contributed by atoms with van der Waals surface area (Å²) in [5.41, 5.74) is -5.60. The maximum Gasteiger partial charge on any atom is 0.446 e. The van der Waals surface area contributed by atoms with Crippen molar-refractivity contribution in [2.24, 2.45) is 0 Å². The van der Waals surface area contributed by atoms with E-state index in [-0.39, 0.29) is 17.7 Å². The van der Waals surface area contributed by atoms with Crippen LogP contribution in [0, 0.1) is 11.3 Å². The first kappa shape index (κ1) is 16.0. The smallest absolute Gasteiger partial charge is 0.446 e. The van der Waals surface area contributed by atoms with Crippen LogP contribution in [-0.2, 0) is 4.74 Å². The summed E-state index contributed by atoms with van der Waals surface area (Å²) in [6, 6.07) is 3.54. The molecule has 0 aliphatic carbocycles. The van der Waals surface area contributed by atoms with Gasteiger partial charge in [-0.3, -0.25) is 4.79 Å². The maximum atomic E-state index is 12.5. The number of ether oxygens (including phenoxy) is 1. The van der Waals surface area contributed by atoms with E-state index < -0.39 is 33.7 Å².